The first-order chi connectivity index (χ1) is 15.8. The summed E-state index contributed by atoms with van der Waals surface area (Å²) in [7, 11) is 0. The van der Waals surface area contributed by atoms with Crippen LogP contribution >= 0.6 is 0 Å². The topological polar surface area (TPSA) is 80.1 Å². The molecule has 0 aliphatic carbocycles. The van der Waals surface area contributed by atoms with Crippen LogP contribution in [-0.4, -0.2) is 31.4 Å². The molecule has 0 saturated carbocycles. The lowest BCUT2D eigenvalue weighted by atomic mass is 10.0. The number of aryl methyl sites for hydroxylation is 1. The number of alkyl halides is 3. The Morgan fingerprint density at radius 1 is 1.12 bits per heavy atom. The summed E-state index contributed by atoms with van der Waals surface area (Å²) in [5.74, 6) is 0.422. The van der Waals surface area contributed by atoms with Gasteiger partial charge in [0.15, 0.2) is 0 Å². The van der Waals surface area contributed by atoms with E-state index in [4.69, 9.17) is 4.52 Å². The Kier molecular flexibility index (Phi) is 5.37. The molecule has 2 aromatic carbocycles. The van der Waals surface area contributed by atoms with E-state index in [9.17, 15) is 13.2 Å². The number of imidazole rings is 1. The normalized spacial score (nSPS) is 16.5. The predicted molar refractivity (Wildman–Crippen MR) is 112 cm³/mol. The zero-order chi connectivity index (χ0) is 23.0. The Morgan fingerprint density at radius 2 is 1.88 bits per heavy atom. The van der Waals surface area contributed by atoms with Gasteiger partial charge in [-0.05, 0) is 36.8 Å². The summed E-state index contributed by atoms with van der Waals surface area (Å²) >= 11 is 0. The second-order valence-electron chi connectivity index (χ2n) is 7.97. The lowest BCUT2D eigenvalue weighted by Crippen LogP contribution is -2.34. The third-order valence-corrected chi connectivity index (χ3v) is 5.58. The number of hydrogen-bond donors (Lipinski definition) is 1. The molecular formula is C23H20F3N5O2. The minimum Gasteiger partial charge on any atom is -0.406 e. The van der Waals surface area contributed by atoms with E-state index in [-0.39, 0.29) is 11.8 Å². The van der Waals surface area contributed by atoms with Crippen molar-refractivity contribution >= 4 is 0 Å². The molecule has 0 fully saturated rings. The van der Waals surface area contributed by atoms with E-state index in [0.29, 0.717) is 36.8 Å². The van der Waals surface area contributed by atoms with E-state index < -0.39 is 6.36 Å². The fourth-order valence-electron chi connectivity index (χ4n) is 3.92. The van der Waals surface area contributed by atoms with Crippen molar-refractivity contribution in [2.24, 2.45) is 0 Å². The van der Waals surface area contributed by atoms with E-state index in [0.717, 1.165) is 17.0 Å². The van der Waals surface area contributed by atoms with Gasteiger partial charge in [0.1, 0.15) is 5.75 Å². The molecule has 0 unspecified atom stereocenters. The number of halogens is 3. The molecule has 0 radical (unpaired) electrons. The predicted octanol–water partition coefficient (Wildman–Crippen LogP) is 4.97. The van der Waals surface area contributed by atoms with Crippen LogP contribution in [0, 0.1) is 6.92 Å². The van der Waals surface area contributed by atoms with Crippen LogP contribution in [0.2, 0.25) is 0 Å². The van der Waals surface area contributed by atoms with E-state index >= 15 is 0 Å². The Bertz CT molecular complexity index is 1230. The van der Waals surface area contributed by atoms with Crippen LogP contribution in [-0.2, 0) is 19.5 Å². The zero-order valence-corrected chi connectivity index (χ0v) is 17.6. The smallest absolute Gasteiger partial charge is 0.406 e. The number of hydrogen-bond acceptors (Lipinski definition) is 6. The van der Waals surface area contributed by atoms with Crippen molar-refractivity contribution in [3.63, 3.8) is 0 Å². The molecule has 5 rings (SSSR count). The van der Waals surface area contributed by atoms with E-state index in [1.807, 2.05) is 6.92 Å². The quantitative estimate of drug-likeness (QED) is 0.458. The van der Waals surface area contributed by atoms with Crippen LogP contribution in [0.4, 0.5) is 13.2 Å². The maximum absolute atomic E-state index is 12.4. The molecule has 2 aromatic heterocycles. The highest BCUT2D eigenvalue weighted by molar-refractivity contribution is 5.55. The van der Waals surface area contributed by atoms with Crippen molar-refractivity contribution in [3.8, 4) is 17.1 Å². The monoisotopic (exact) mass is 455 g/mol. The maximum Gasteiger partial charge on any atom is 0.573 e. The SMILES string of the molecule is Cc1ccc(CN2Cc3[nH]cnc3C[C@H]2c2nc(-c3ccc(OC(F)(F)F)cc3)no2)cc1. The summed E-state index contributed by atoms with van der Waals surface area (Å²) in [5.41, 5.74) is 4.89. The first kappa shape index (κ1) is 21.2. The van der Waals surface area contributed by atoms with Gasteiger partial charge >= 0.3 is 6.36 Å². The minimum atomic E-state index is -4.74. The van der Waals surface area contributed by atoms with Gasteiger partial charge in [0.25, 0.3) is 0 Å². The molecule has 0 saturated heterocycles. The highest BCUT2D eigenvalue weighted by atomic mass is 19.4. The summed E-state index contributed by atoms with van der Waals surface area (Å²) < 4.78 is 46.7. The number of rotatable bonds is 5. The highest BCUT2D eigenvalue weighted by Gasteiger charge is 2.33. The van der Waals surface area contributed by atoms with Crippen LogP contribution in [0.3, 0.4) is 0 Å². The van der Waals surface area contributed by atoms with Crippen molar-refractivity contribution < 1.29 is 22.4 Å². The molecular weight excluding hydrogens is 435 g/mol. The first-order valence-electron chi connectivity index (χ1n) is 10.3. The summed E-state index contributed by atoms with van der Waals surface area (Å²) in [6.07, 6.45) is -2.46. The van der Waals surface area contributed by atoms with E-state index in [2.05, 4.69) is 54.0 Å². The number of nitrogens with one attached hydrogen (secondary N) is 1. The largest absolute Gasteiger partial charge is 0.573 e. The van der Waals surface area contributed by atoms with Gasteiger partial charge in [-0.3, -0.25) is 4.90 Å². The number of H-pyrrole nitrogens is 1. The van der Waals surface area contributed by atoms with Gasteiger partial charge in [-0.2, -0.15) is 4.98 Å². The summed E-state index contributed by atoms with van der Waals surface area (Å²) in [5, 5.41) is 4.06. The second kappa shape index (κ2) is 8.36. The van der Waals surface area contributed by atoms with Crippen LogP contribution in [0.25, 0.3) is 11.4 Å². The number of fused-ring (bicyclic) bond motifs is 1. The van der Waals surface area contributed by atoms with Gasteiger partial charge < -0.3 is 14.2 Å². The van der Waals surface area contributed by atoms with Gasteiger partial charge in [-0.1, -0.05) is 35.0 Å². The van der Waals surface area contributed by atoms with Crippen molar-refractivity contribution in [3.05, 3.63) is 83.3 Å². The number of nitrogens with zero attached hydrogens (tertiary/aromatic N) is 4. The number of benzene rings is 2. The molecule has 1 N–H and O–H groups in total. The number of aromatic nitrogens is 4. The van der Waals surface area contributed by atoms with Crippen molar-refractivity contribution in [1.29, 1.82) is 0 Å². The third kappa shape index (κ3) is 4.75. The zero-order valence-electron chi connectivity index (χ0n) is 17.6. The molecule has 0 spiro atoms. The van der Waals surface area contributed by atoms with Crippen molar-refractivity contribution in [2.75, 3.05) is 0 Å². The van der Waals surface area contributed by atoms with Crippen molar-refractivity contribution in [2.45, 2.75) is 38.8 Å². The van der Waals surface area contributed by atoms with Gasteiger partial charge in [0.2, 0.25) is 11.7 Å². The Hall–Kier alpha value is -3.66. The fraction of sp³-hybridized carbons (Fsp3) is 0.261. The van der Waals surface area contributed by atoms with Gasteiger partial charge in [0.05, 0.1) is 23.8 Å². The molecule has 3 heterocycles. The number of ether oxygens (including phenoxy) is 1. The van der Waals surface area contributed by atoms with Gasteiger partial charge in [0, 0.05) is 25.1 Å². The second-order valence-corrected chi connectivity index (χ2v) is 7.97. The molecule has 0 amide bonds. The average molecular weight is 455 g/mol. The van der Waals surface area contributed by atoms with E-state index in [1.165, 1.54) is 29.8 Å². The standard InChI is InChI=1S/C23H20F3N5O2/c1-14-2-4-15(5-3-14)11-31-12-19-18(27-13-28-19)10-20(31)22-29-21(30-33-22)16-6-8-17(9-7-16)32-23(24,25)26/h2-9,13,20H,10-12H2,1H3,(H,27,28)/t20-/m0/s1. The first-order valence-corrected chi connectivity index (χ1v) is 10.3. The van der Waals surface area contributed by atoms with Gasteiger partial charge in [-0.15, -0.1) is 13.2 Å². The maximum atomic E-state index is 12.4. The molecule has 170 valence electrons. The Labute approximate surface area is 187 Å². The fourth-order valence-corrected chi connectivity index (χ4v) is 3.92. The minimum absolute atomic E-state index is 0.184. The number of aromatic amines is 1. The van der Waals surface area contributed by atoms with Gasteiger partial charge in [-0.25, -0.2) is 4.98 Å². The van der Waals surface area contributed by atoms with Crippen LogP contribution in [0.5, 0.6) is 5.75 Å². The lowest BCUT2D eigenvalue weighted by Gasteiger charge is -2.32. The molecule has 4 aromatic rings. The lowest BCUT2D eigenvalue weighted by molar-refractivity contribution is -0.274. The Morgan fingerprint density at radius 3 is 2.61 bits per heavy atom. The molecule has 1 aliphatic heterocycles. The van der Waals surface area contributed by atoms with E-state index in [1.54, 1.807) is 6.33 Å². The highest BCUT2D eigenvalue weighted by Crippen LogP contribution is 2.33. The third-order valence-electron chi connectivity index (χ3n) is 5.58. The molecule has 1 atom stereocenters. The summed E-state index contributed by atoms with van der Waals surface area (Å²) in [6.45, 7) is 3.38. The average Bonchev–Trinajstić information content (AvgIpc) is 3.43. The molecule has 10 heteroatoms. The Balaban J connectivity index is 1.39. The van der Waals surface area contributed by atoms with Crippen LogP contribution in [0.1, 0.15) is 34.4 Å². The summed E-state index contributed by atoms with van der Waals surface area (Å²) in [4.78, 5) is 14.4. The summed E-state index contributed by atoms with van der Waals surface area (Å²) in [6, 6.07) is 13.5. The molecule has 0 bridgehead atoms. The van der Waals surface area contributed by atoms with Crippen LogP contribution in [0.15, 0.2) is 59.4 Å². The molecule has 1 aliphatic rings. The molecule has 7 nitrogen and oxygen atoms in total. The van der Waals surface area contributed by atoms with Crippen molar-refractivity contribution in [1.82, 2.24) is 25.0 Å². The van der Waals surface area contributed by atoms with Crippen LogP contribution < -0.4 is 4.74 Å². The molecule has 33 heavy (non-hydrogen) atoms.